The van der Waals surface area contributed by atoms with Gasteiger partial charge in [-0.2, -0.15) is 5.10 Å². The SMILES string of the molecule is O=C(Cc1cccc2ccccc12)NN=Cc1c2ccccc2cc2ccccc12. The predicted molar refractivity (Wildman–Crippen MR) is 125 cm³/mol. The molecule has 3 heteroatoms. The first-order valence-electron chi connectivity index (χ1n) is 9.99. The number of carbonyl (C=O) groups excluding carboxylic acids is 1. The van der Waals surface area contributed by atoms with Crippen LogP contribution in [0.5, 0.6) is 0 Å². The van der Waals surface area contributed by atoms with Crippen molar-refractivity contribution in [2.75, 3.05) is 0 Å². The molecule has 0 saturated carbocycles. The van der Waals surface area contributed by atoms with E-state index in [0.29, 0.717) is 0 Å². The highest BCUT2D eigenvalue weighted by Crippen LogP contribution is 2.27. The van der Waals surface area contributed by atoms with E-state index in [9.17, 15) is 4.79 Å². The molecule has 0 spiro atoms. The second-order valence-electron chi connectivity index (χ2n) is 7.34. The quantitative estimate of drug-likeness (QED) is 0.235. The zero-order valence-electron chi connectivity index (χ0n) is 16.4. The number of benzene rings is 5. The molecule has 144 valence electrons. The average molecular weight is 388 g/mol. The van der Waals surface area contributed by atoms with Crippen LogP contribution in [0.4, 0.5) is 0 Å². The fraction of sp³-hybridized carbons (Fsp3) is 0.0370. The summed E-state index contributed by atoms with van der Waals surface area (Å²) in [6.07, 6.45) is 2.04. The number of nitrogens with zero attached hydrogens (tertiary/aromatic N) is 1. The van der Waals surface area contributed by atoms with Crippen molar-refractivity contribution in [3.63, 3.8) is 0 Å². The van der Waals surface area contributed by atoms with Gasteiger partial charge in [-0.1, -0.05) is 91.0 Å². The van der Waals surface area contributed by atoms with Crippen LogP contribution in [0.25, 0.3) is 32.3 Å². The van der Waals surface area contributed by atoms with Gasteiger partial charge in [0.25, 0.3) is 0 Å². The molecule has 0 atom stereocenters. The van der Waals surface area contributed by atoms with Crippen LogP contribution in [-0.4, -0.2) is 12.1 Å². The predicted octanol–water partition coefficient (Wildman–Crippen LogP) is 5.84. The van der Waals surface area contributed by atoms with E-state index in [0.717, 1.165) is 43.4 Å². The second kappa shape index (κ2) is 7.80. The standard InChI is InChI=1S/C27H20N2O/c30-27(17-22-12-7-11-19-8-1-4-13-23(19)22)29-28-18-26-24-14-5-2-9-20(24)16-21-10-3-6-15-25(21)26/h1-16,18H,17H2,(H,29,30). The number of hydrazone groups is 1. The van der Waals surface area contributed by atoms with E-state index in [1.807, 2.05) is 54.6 Å². The van der Waals surface area contributed by atoms with Gasteiger partial charge >= 0.3 is 0 Å². The molecule has 0 unspecified atom stereocenters. The van der Waals surface area contributed by atoms with E-state index in [2.05, 4.69) is 53.0 Å². The third-order valence-corrected chi connectivity index (χ3v) is 5.43. The van der Waals surface area contributed by atoms with Crippen molar-refractivity contribution in [1.29, 1.82) is 0 Å². The molecule has 0 aromatic heterocycles. The maximum Gasteiger partial charge on any atom is 0.244 e. The van der Waals surface area contributed by atoms with E-state index in [1.54, 1.807) is 6.21 Å². The number of hydrogen-bond donors (Lipinski definition) is 1. The molecule has 0 bridgehead atoms. The number of amides is 1. The molecule has 5 rings (SSSR count). The van der Waals surface area contributed by atoms with Crippen molar-refractivity contribution < 1.29 is 4.79 Å². The molecule has 0 saturated heterocycles. The molecular weight excluding hydrogens is 368 g/mol. The topological polar surface area (TPSA) is 41.5 Å². The fourth-order valence-corrected chi connectivity index (χ4v) is 4.02. The molecule has 0 aliphatic carbocycles. The van der Waals surface area contributed by atoms with Crippen molar-refractivity contribution in [2.24, 2.45) is 5.10 Å². The summed E-state index contributed by atoms with van der Waals surface area (Å²) >= 11 is 0. The van der Waals surface area contributed by atoms with Gasteiger partial charge in [0.15, 0.2) is 0 Å². The highest BCUT2D eigenvalue weighted by molar-refractivity contribution is 6.13. The van der Waals surface area contributed by atoms with Crippen LogP contribution >= 0.6 is 0 Å². The monoisotopic (exact) mass is 388 g/mol. The summed E-state index contributed by atoms with van der Waals surface area (Å²) in [5.41, 5.74) is 4.71. The second-order valence-corrected chi connectivity index (χ2v) is 7.34. The van der Waals surface area contributed by atoms with Crippen LogP contribution in [0.1, 0.15) is 11.1 Å². The third kappa shape index (κ3) is 3.42. The van der Waals surface area contributed by atoms with Gasteiger partial charge in [-0.05, 0) is 43.9 Å². The summed E-state index contributed by atoms with van der Waals surface area (Å²) in [4.78, 5) is 12.5. The lowest BCUT2D eigenvalue weighted by Crippen LogP contribution is -2.20. The summed E-state index contributed by atoms with van der Waals surface area (Å²) in [7, 11) is 0. The van der Waals surface area contributed by atoms with Crippen LogP contribution in [0.2, 0.25) is 0 Å². The minimum Gasteiger partial charge on any atom is -0.273 e. The molecule has 0 radical (unpaired) electrons. The first kappa shape index (κ1) is 18.1. The Labute approximate surface area is 174 Å². The maximum atomic E-state index is 12.5. The Morgan fingerprint density at radius 1 is 0.700 bits per heavy atom. The zero-order valence-corrected chi connectivity index (χ0v) is 16.4. The molecule has 0 aliphatic rings. The normalized spacial score (nSPS) is 11.5. The smallest absolute Gasteiger partial charge is 0.244 e. The van der Waals surface area contributed by atoms with Gasteiger partial charge in [0.2, 0.25) is 5.91 Å². The van der Waals surface area contributed by atoms with Gasteiger partial charge in [-0.3, -0.25) is 4.79 Å². The molecule has 1 N–H and O–H groups in total. The van der Waals surface area contributed by atoms with E-state index in [1.165, 1.54) is 0 Å². The van der Waals surface area contributed by atoms with Crippen molar-refractivity contribution in [2.45, 2.75) is 6.42 Å². The Hall–Kier alpha value is -3.98. The molecule has 30 heavy (non-hydrogen) atoms. The van der Waals surface area contributed by atoms with E-state index in [4.69, 9.17) is 0 Å². The highest BCUT2D eigenvalue weighted by Gasteiger charge is 2.08. The Bertz CT molecular complexity index is 1360. The highest BCUT2D eigenvalue weighted by atomic mass is 16.2. The summed E-state index contributed by atoms with van der Waals surface area (Å²) in [5.74, 6) is -0.132. The van der Waals surface area contributed by atoms with Crippen LogP contribution < -0.4 is 5.43 Å². The number of hydrogen-bond acceptors (Lipinski definition) is 2. The minimum atomic E-state index is -0.132. The summed E-state index contributed by atoms with van der Waals surface area (Å²) in [6, 6.07) is 32.8. The van der Waals surface area contributed by atoms with E-state index < -0.39 is 0 Å². The lowest BCUT2D eigenvalue weighted by molar-refractivity contribution is -0.120. The molecule has 5 aromatic rings. The van der Waals surface area contributed by atoms with Gasteiger partial charge in [0.05, 0.1) is 12.6 Å². The lowest BCUT2D eigenvalue weighted by Gasteiger charge is -2.08. The largest absolute Gasteiger partial charge is 0.273 e. The van der Waals surface area contributed by atoms with Gasteiger partial charge in [-0.25, -0.2) is 5.43 Å². The Kier molecular flexibility index (Phi) is 4.70. The molecule has 1 amide bonds. The summed E-state index contributed by atoms with van der Waals surface area (Å²) in [6.45, 7) is 0. The first-order chi connectivity index (χ1) is 14.8. The maximum absolute atomic E-state index is 12.5. The number of nitrogens with one attached hydrogen (secondary N) is 1. The van der Waals surface area contributed by atoms with Gasteiger partial charge < -0.3 is 0 Å². The molecular formula is C27H20N2O. The van der Waals surface area contributed by atoms with E-state index in [-0.39, 0.29) is 12.3 Å². The van der Waals surface area contributed by atoms with E-state index >= 15 is 0 Å². The molecule has 0 aliphatic heterocycles. The Morgan fingerprint density at radius 3 is 1.97 bits per heavy atom. The number of fused-ring (bicyclic) bond motifs is 3. The van der Waals surface area contributed by atoms with Crippen molar-refractivity contribution in [3.05, 3.63) is 108 Å². The van der Waals surface area contributed by atoms with Crippen molar-refractivity contribution in [3.8, 4) is 0 Å². The molecule has 0 heterocycles. The number of rotatable bonds is 4. The average Bonchev–Trinajstić information content (AvgIpc) is 2.79. The van der Waals surface area contributed by atoms with Crippen LogP contribution in [0.15, 0.2) is 102 Å². The van der Waals surface area contributed by atoms with Crippen molar-refractivity contribution >= 4 is 44.4 Å². The van der Waals surface area contributed by atoms with Gasteiger partial charge in [-0.15, -0.1) is 0 Å². The molecule has 5 aromatic carbocycles. The Morgan fingerprint density at radius 2 is 1.27 bits per heavy atom. The summed E-state index contributed by atoms with van der Waals surface area (Å²) in [5, 5.41) is 11.1. The van der Waals surface area contributed by atoms with Crippen LogP contribution in [0.3, 0.4) is 0 Å². The first-order valence-corrected chi connectivity index (χ1v) is 9.99. The molecule has 0 fully saturated rings. The number of carbonyl (C=O) groups is 1. The Balaban J connectivity index is 1.43. The molecule has 3 nitrogen and oxygen atoms in total. The lowest BCUT2D eigenvalue weighted by atomic mass is 9.97. The van der Waals surface area contributed by atoms with Crippen LogP contribution in [-0.2, 0) is 11.2 Å². The van der Waals surface area contributed by atoms with Crippen LogP contribution in [0, 0.1) is 0 Å². The van der Waals surface area contributed by atoms with Gasteiger partial charge in [0, 0.05) is 5.56 Å². The van der Waals surface area contributed by atoms with Gasteiger partial charge in [0.1, 0.15) is 0 Å². The minimum absolute atomic E-state index is 0.132. The summed E-state index contributed by atoms with van der Waals surface area (Å²) < 4.78 is 0. The fourth-order valence-electron chi connectivity index (χ4n) is 4.02. The third-order valence-electron chi connectivity index (χ3n) is 5.43. The zero-order chi connectivity index (χ0) is 20.3. The van der Waals surface area contributed by atoms with Crippen molar-refractivity contribution in [1.82, 2.24) is 5.43 Å².